The molecule has 2 aromatic rings. The molecule has 0 aliphatic carbocycles. The third kappa shape index (κ3) is 6.50. The number of hydrogen-bond acceptors (Lipinski definition) is 7. The fourth-order valence-electron chi connectivity index (χ4n) is 2.17. The predicted octanol–water partition coefficient (Wildman–Crippen LogP) is 1.79. The number of hydrogen-bond donors (Lipinski definition) is 3. The maximum absolute atomic E-state index is 11.9. The molecule has 3 N–H and O–H groups in total. The Morgan fingerprint density at radius 3 is 2.37 bits per heavy atom. The minimum Gasteiger partial charge on any atom is -0.354 e. The second kappa shape index (κ2) is 8.78. The number of likely N-dealkylation sites (N-methyl/N-ethyl adjacent to an activating group) is 1. The van der Waals surface area contributed by atoms with Crippen LogP contribution >= 0.6 is 0 Å². The Bertz CT molecular complexity index is 899. The fraction of sp³-hybridized carbons (Fsp3) is 0.353. The third-order valence-corrected chi connectivity index (χ3v) is 4.82. The summed E-state index contributed by atoms with van der Waals surface area (Å²) in [6.07, 6.45) is 1.05. The van der Waals surface area contributed by atoms with E-state index in [1.54, 1.807) is 24.3 Å². The molecule has 0 atom stereocenters. The van der Waals surface area contributed by atoms with E-state index in [-0.39, 0.29) is 6.54 Å². The molecule has 0 saturated carbocycles. The van der Waals surface area contributed by atoms with Crippen LogP contribution < -0.4 is 16.0 Å². The molecule has 10 heteroatoms. The van der Waals surface area contributed by atoms with Gasteiger partial charge in [-0.2, -0.15) is 9.29 Å². The first-order valence-electron chi connectivity index (χ1n) is 8.35. The zero-order valence-electron chi connectivity index (χ0n) is 15.8. The number of carbonyl (C=O) groups is 1. The number of benzene rings is 1. The van der Waals surface area contributed by atoms with Crippen LogP contribution in [0.2, 0.25) is 0 Å². The van der Waals surface area contributed by atoms with Crippen molar-refractivity contribution in [2.75, 3.05) is 42.3 Å². The van der Waals surface area contributed by atoms with E-state index in [0.29, 0.717) is 17.5 Å². The lowest BCUT2D eigenvalue weighted by Crippen LogP contribution is -2.34. The van der Waals surface area contributed by atoms with Gasteiger partial charge in [0.15, 0.2) is 0 Å². The number of carbonyl (C=O) groups excluding carboxylic acids is 1. The average molecular weight is 392 g/mol. The molecule has 0 saturated heterocycles. The molecule has 0 aliphatic rings. The molecule has 0 fully saturated rings. The molecule has 1 amide bonds. The minimum atomic E-state index is -3.40. The summed E-state index contributed by atoms with van der Waals surface area (Å²) in [7, 11) is -2.04. The highest BCUT2D eigenvalue weighted by atomic mass is 32.2. The summed E-state index contributed by atoms with van der Waals surface area (Å²) < 4.78 is 23.7. The fourth-order valence-corrected chi connectivity index (χ4v) is 2.53. The van der Waals surface area contributed by atoms with Crippen molar-refractivity contribution in [2.24, 2.45) is 0 Å². The van der Waals surface area contributed by atoms with Crippen molar-refractivity contribution in [1.82, 2.24) is 14.3 Å². The van der Waals surface area contributed by atoms with Gasteiger partial charge in [-0.1, -0.05) is 0 Å². The summed E-state index contributed by atoms with van der Waals surface area (Å²) in [5.74, 6) is 0.800. The number of nitrogens with one attached hydrogen (secondary N) is 3. The first-order valence-corrected chi connectivity index (χ1v) is 10.2. The molecular weight excluding hydrogens is 368 g/mol. The third-order valence-electron chi connectivity index (χ3n) is 3.56. The quantitative estimate of drug-likeness (QED) is 0.627. The second-order valence-corrected chi connectivity index (χ2v) is 8.11. The second-order valence-electron chi connectivity index (χ2n) is 6.02. The van der Waals surface area contributed by atoms with Gasteiger partial charge < -0.3 is 16.0 Å². The van der Waals surface area contributed by atoms with Crippen LogP contribution in [0, 0.1) is 6.92 Å². The predicted molar refractivity (Wildman–Crippen MR) is 107 cm³/mol. The van der Waals surface area contributed by atoms with Crippen LogP contribution in [0.3, 0.4) is 0 Å². The molecule has 0 bridgehead atoms. The Labute approximate surface area is 159 Å². The zero-order chi connectivity index (χ0) is 20.0. The maximum Gasteiger partial charge on any atom is 0.239 e. The highest BCUT2D eigenvalue weighted by Crippen LogP contribution is 2.19. The molecule has 1 aromatic heterocycles. The first kappa shape index (κ1) is 20.6. The van der Waals surface area contributed by atoms with Crippen LogP contribution in [0.25, 0.3) is 0 Å². The number of aromatic nitrogens is 2. The summed E-state index contributed by atoms with van der Waals surface area (Å²) in [6, 6.07) is 8.86. The maximum atomic E-state index is 11.9. The molecule has 1 aromatic carbocycles. The largest absolute Gasteiger partial charge is 0.354 e. The smallest absolute Gasteiger partial charge is 0.239 e. The molecule has 0 spiro atoms. The number of nitrogens with zero attached hydrogens (tertiary/aromatic N) is 3. The Balaban J connectivity index is 2.00. The van der Waals surface area contributed by atoms with Crippen molar-refractivity contribution in [1.29, 1.82) is 0 Å². The lowest BCUT2D eigenvalue weighted by Gasteiger charge is -2.14. The first-order chi connectivity index (χ1) is 12.7. The van der Waals surface area contributed by atoms with Gasteiger partial charge in [0.1, 0.15) is 5.82 Å². The van der Waals surface area contributed by atoms with Gasteiger partial charge >= 0.3 is 0 Å². The van der Waals surface area contributed by atoms with Crippen LogP contribution in [-0.2, 0) is 14.8 Å². The van der Waals surface area contributed by atoms with E-state index in [4.69, 9.17) is 0 Å². The highest BCUT2D eigenvalue weighted by molar-refractivity contribution is 7.88. The molecule has 146 valence electrons. The minimum absolute atomic E-state index is 0.244. The van der Waals surface area contributed by atoms with E-state index < -0.39 is 15.9 Å². The van der Waals surface area contributed by atoms with E-state index in [2.05, 4.69) is 25.9 Å². The number of anilines is 4. The zero-order valence-corrected chi connectivity index (χ0v) is 16.6. The topological polar surface area (TPSA) is 116 Å². The van der Waals surface area contributed by atoms with Crippen molar-refractivity contribution in [2.45, 2.75) is 13.8 Å². The number of aryl methyl sites for hydroxylation is 1. The van der Waals surface area contributed by atoms with Gasteiger partial charge in [0.05, 0.1) is 12.8 Å². The average Bonchev–Trinajstić information content (AvgIpc) is 2.55. The van der Waals surface area contributed by atoms with E-state index >= 15 is 0 Å². The van der Waals surface area contributed by atoms with Gasteiger partial charge in [-0.05, 0) is 38.1 Å². The Morgan fingerprint density at radius 2 is 1.78 bits per heavy atom. The van der Waals surface area contributed by atoms with Gasteiger partial charge in [-0.15, -0.1) is 0 Å². The van der Waals surface area contributed by atoms with Gasteiger partial charge in [0.25, 0.3) is 0 Å². The van der Waals surface area contributed by atoms with Gasteiger partial charge in [0.2, 0.25) is 21.9 Å². The summed E-state index contributed by atoms with van der Waals surface area (Å²) in [4.78, 5) is 20.6. The van der Waals surface area contributed by atoms with Crippen LogP contribution in [0.5, 0.6) is 0 Å². The summed E-state index contributed by atoms with van der Waals surface area (Å²) in [5, 5.41) is 8.92. The van der Waals surface area contributed by atoms with Gasteiger partial charge in [-0.3, -0.25) is 4.79 Å². The molecule has 0 unspecified atom stereocenters. The molecule has 1 heterocycles. The van der Waals surface area contributed by atoms with Gasteiger partial charge in [0, 0.05) is 36.7 Å². The molecular formula is C17H24N6O3S. The Hall–Kier alpha value is -2.72. The molecule has 2 rings (SSSR count). The highest BCUT2D eigenvalue weighted by Gasteiger charge is 2.15. The Kier molecular flexibility index (Phi) is 6.70. The SMILES string of the molecule is CCNc1nc(C)cc(Nc2ccc(NC(=O)CN(C)S(C)(=O)=O)cc2)n1. The van der Waals surface area contributed by atoms with Crippen LogP contribution in [0.15, 0.2) is 30.3 Å². The molecule has 0 aliphatic heterocycles. The van der Waals surface area contributed by atoms with Crippen LogP contribution in [0.4, 0.5) is 23.1 Å². The lowest BCUT2D eigenvalue weighted by atomic mass is 10.2. The summed E-state index contributed by atoms with van der Waals surface area (Å²) in [6.45, 7) is 4.34. The van der Waals surface area contributed by atoms with Crippen molar-refractivity contribution in [3.05, 3.63) is 36.0 Å². The van der Waals surface area contributed by atoms with E-state index in [1.807, 2.05) is 19.9 Å². The van der Waals surface area contributed by atoms with Crippen LogP contribution in [0.1, 0.15) is 12.6 Å². The van der Waals surface area contributed by atoms with Crippen molar-refractivity contribution >= 4 is 39.1 Å². The number of amides is 1. The van der Waals surface area contributed by atoms with E-state index in [0.717, 1.165) is 28.5 Å². The summed E-state index contributed by atoms with van der Waals surface area (Å²) in [5.41, 5.74) is 2.20. The van der Waals surface area contributed by atoms with Crippen molar-refractivity contribution in [3.8, 4) is 0 Å². The van der Waals surface area contributed by atoms with Crippen molar-refractivity contribution < 1.29 is 13.2 Å². The number of rotatable bonds is 8. The molecule has 27 heavy (non-hydrogen) atoms. The van der Waals surface area contributed by atoms with E-state index in [1.165, 1.54) is 7.05 Å². The normalized spacial score (nSPS) is 11.3. The van der Waals surface area contributed by atoms with Crippen LogP contribution in [-0.4, -0.2) is 55.0 Å². The van der Waals surface area contributed by atoms with E-state index in [9.17, 15) is 13.2 Å². The molecule has 9 nitrogen and oxygen atoms in total. The monoisotopic (exact) mass is 392 g/mol. The van der Waals surface area contributed by atoms with Crippen molar-refractivity contribution in [3.63, 3.8) is 0 Å². The number of sulfonamides is 1. The molecule has 0 radical (unpaired) electrons. The summed E-state index contributed by atoms with van der Waals surface area (Å²) >= 11 is 0. The standard InChI is InChI=1S/C17H24N6O3S/c1-5-18-17-19-12(2)10-15(22-17)20-13-6-8-14(9-7-13)21-16(24)11-23(3)27(4,25)26/h6-10H,5,11H2,1-4H3,(H,21,24)(H2,18,19,20,22). The van der Waals surface area contributed by atoms with Gasteiger partial charge in [-0.25, -0.2) is 13.4 Å². The lowest BCUT2D eigenvalue weighted by molar-refractivity contribution is -0.116. The Morgan fingerprint density at radius 1 is 1.15 bits per heavy atom.